The summed E-state index contributed by atoms with van der Waals surface area (Å²) in [5.41, 5.74) is 0. The average molecular weight is 284 g/mol. The molecule has 6 nitrogen and oxygen atoms in total. The van der Waals surface area contributed by atoms with Crippen LogP contribution in [0.3, 0.4) is 0 Å². The summed E-state index contributed by atoms with van der Waals surface area (Å²) in [6.45, 7) is 6.15. The smallest absolute Gasteiger partial charge is 0.326 e. The number of hydrogen-bond acceptors (Lipinski definition) is 3. The van der Waals surface area contributed by atoms with Crippen LogP contribution >= 0.6 is 0 Å². The molecule has 1 unspecified atom stereocenters. The number of hydrogen-bond donors (Lipinski definition) is 2. The third-order valence-electron chi connectivity index (χ3n) is 3.61. The fraction of sp³-hybridized carbons (Fsp3) is 0.786. The maximum atomic E-state index is 12.1. The molecule has 1 fully saturated rings. The van der Waals surface area contributed by atoms with Gasteiger partial charge in [-0.2, -0.15) is 0 Å². The van der Waals surface area contributed by atoms with E-state index < -0.39 is 17.9 Å². The van der Waals surface area contributed by atoms with Crippen LogP contribution in [-0.2, 0) is 14.4 Å². The lowest BCUT2D eigenvalue weighted by Crippen LogP contribution is -2.44. The number of aliphatic carboxylic acids is 1. The number of likely N-dealkylation sites (tertiary alicyclic amines) is 1. The molecule has 2 atom stereocenters. The van der Waals surface area contributed by atoms with Crippen LogP contribution in [0.2, 0.25) is 0 Å². The van der Waals surface area contributed by atoms with Crippen LogP contribution in [0.15, 0.2) is 0 Å². The number of carbonyl (C=O) groups excluding carboxylic acids is 2. The Morgan fingerprint density at radius 1 is 1.45 bits per heavy atom. The minimum Gasteiger partial charge on any atom is -0.480 e. The second-order valence-corrected chi connectivity index (χ2v) is 5.58. The zero-order chi connectivity index (χ0) is 15.3. The lowest BCUT2D eigenvalue weighted by molar-refractivity contribution is -0.142. The third-order valence-corrected chi connectivity index (χ3v) is 3.61. The van der Waals surface area contributed by atoms with Gasteiger partial charge in [0, 0.05) is 19.0 Å². The standard InChI is InChI=1S/C14H24N2O4/c1-4-5-6-11(14(19)20)15-13(18)10-7-12(17)16(8-10)9(2)3/h9-11H,4-8H2,1-3H3,(H,15,18)(H,19,20)/t10?,11-/m0/s1. The van der Waals surface area contributed by atoms with Crippen molar-refractivity contribution in [1.82, 2.24) is 10.2 Å². The molecule has 1 saturated heterocycles. The van der Waals surface area contributed by atoms with Crippen LogP contribution in [0.1, 0.15) is 46.5 Å². The highest BCUT2D eigenvalue weighted by molar-refractivity contribution is 5.91. The molecule has 2 N–H and O–H groups in total. The Hall–Kier alpha value is -1.59. The van der Waals surface area contributed by atoms with Gasteiger partial charge in [-0.05, 0) is 20.3 Å². The second-order valence-electron chi connectivity index (χ2n) is 5.58. The van der Waals surface area contributed by atoms with Gasteiger partial charge < -0.3 is 15.3 Å². The number of carboxylic acid groups (broad SMARTS) is 1. The molecule has 0 bridgehead atoms. The Kier molecular flexibility index (Phi) is 5.98. The van der Waals surface area contributed by atoms with E-state index in [0.717, 1.165) is 12.8 Å². The minimum atomic E-state index is -1.02. The molecule has 0 aromatic rings. The summed E-state index contributed by atoms with van der Waals surface area (Å²) in [5, 5.41) is 11.6. The molecule has 1 heterocycles. The van der Waals surface area contributed by atoms with E-state index in [9.17, 15) is 14.4 Å². The molecule has 114 valence electrons. The number of carboxylic acids is 1. The summed E-state index contributed by atoms with van der Waals surface area (Å²) >= 11 is 0. The molecule has 0 spiro atoms. The largest absolute Gasteiger partial charge is 0.480 e. The van der Waals surface area contributed by atoms with Crippen molar-refractivity contribution in [2.45, 2.75) is 58.5 Å². The molecule has 6 heteroatoms. The molecule has 20 heavy (non-hydrogen) atoms. The van der Waals surface area contributed by atoms with Crippen molar-refractivity contribution in [3.8, 4) is 0 Å². The van der Waals surface area contributed by atoms with Crippen LogP contribution in [0, 0.1) is 5.92 Å². The molecule has 0 radical (unpaired) electrons. The molecular formula is C14H24N2O4. The zero-order valence-electron chi connectivity index (χ0n) is 12.4. The van der Waals surface area contributed by atoms with E-state index >= 15 is 0 Å². The lowest BCUT2D eigenvalue weighted by Gasteiger charge is -2.21. The zero-order valence-corrected chi connectivity index (χ0v) is 12.4. The Labute approximate surface area is 119 Å². The number of carbonyl (C=O) groups is 3. The molecule has 1 rings (SSSR count). The Morgan fingerprint density at radius 2 is 2.10 bits per heavy atom. The van der Waals surface area contributed by atoms with Gasteiger partial charge in [0.2, 0.25) is 11.8 Å². The van der Waals surface area contributed by atoms with Crippen molar-refractivity contribution >= 4 is 17.8 Å². The molecule has 1 aliphatic rings. The van der Waals surface area contributed by atoms with E-state index in [1.807, 2.05) is 20.8 Å². The Morgan fingerprint density at radius 3 is 2.55 bits per heavy atom. The van der Waals surface area contributed by atoms with E-state index in [1.165, 1.54) is 0 Å². The average Bonchev–Trinajstić information content (AvgIpc) is 2.76. The maximum absolute atomic E-state index is 12.1. The van der Waals surface area contributed by atoms with Gasteiger partial charge in [0.15, 0.2) is 0 Å². The maximum Gasteiger partial charge on any atom is 0.326 e. The monoisotopic (exact) mass is 284 g/mol. The van der Waals surface area contributed by atoms with E-state index in [0.29, 0.717) is 13.0 Å². The molecular weight excluding hydrogens is 260 g/mol. The summed E-state index contributed by atoms with van der Waals surface area (Å²) in [7, 11) is 0. The highest BCUT2D eigenvalue weighted by Crippen LogP contribution is 2.20. The Bertz CT molecular complexity index is 381. The summed E-state index contributed by atoms with van der Waals surface area (Å²) in [4.78, 5) is 36.6. The van der Waals surface area contributed by atoms with Crippen molar-refractivity contribution in [3.63, 3.8) is 0 Å². The normalized spacial score (nSPS) is 20.3. The van der Waals surface area contributed by atoms with Crippen molar-refractivity contribution in [1.29, 1.82) is 0 Å². The minimum absolute atomic E-state index is 0.0411. The van der Waals surface area contributed by atoms with Gasteiger partial charge in [0.1, 0.15) is 6.04 Å². The van der Waals surface area contributed by atoms with Gasteiger partial charge >= 0.3 is 5.97 Å². The van der Waals surface area contributed by atoms with Crippen LogP contribution < -0.4 is 5.32 Å². The number of unbranched alkanes of at least 4 members (excludes halogenated alkanes) is 1. The van der Waals surface area contributed by atoms with Gasteiger partial charge in [-0.25, -0.2) is 4.79 Å². The quantitative estimate of drug-likeness (QED) is 0.730. The first-order chi connectivity index (χ1) is 9.36. The fourth-order valence-electron chi connectivity index (χ4n) is 2.36. The van der Waals surface area contributed by atoms with Gasteiger partial charge in [-0.15, -0.1) is 0 Å². The molecule has 0 aliphatic carbocycles. The van der Waals surface area contributed by atoms with Crippen LogP contribution in [-0.4, -0.2) is 46.4 Å². The topological polar surface area (TPSA) is 86.7 Å². The van der Waals surface area contributed by atoms with Gasteiger partial charge in [0.05, 0.1) is 5.92 Å². The summed E-state index contributed by atoms with van der Waals surface area (Å²) in [6, 6.07) is -0.790. The van der Waals surface area contributed by atoms with Gasteiger partial charge in [-0.3, -0.25) is 9.59 Å². The fourth-order valence-corrected chi connectivity index (χ4v) is 2.36. The molecule has 1 aliphatic heterocycles. The predicted molar refractivity (Wildman–Crippen MR) is 74.0 cm³/mol. The Balaban J connectivity index is 2.57. The summed E-state index contributed by atoms with van der Waals surface area (Å²) in [5.74, 6) is -1.82. The van der Waals surface area contributed by atoms with Crippen molar-refractivity contribution in [2.24, 2.45) is 5.92 Å². The summed E-state index contributed by atoms with van der Waals surface area (Å²) in [6.07, 6.45) is 2.22. The van der Waals surface area contributed by atoms with Crippen molar-refractivity contribution < 1.29 is 19.5 Å². The van der Waals surface area contributed by atoms with Crippen LogP contribution in [0.4, 0.5) is 0 Å². The first kappa shape index (κ1) is 16.5. The van der Waals surface area contributed by atoms with E-state index in [4.69, 9.17) is 5.11 Å². The number of amides is 2. The first-order valence-corrected chi connectivity index (χ1v) is 7.19. The van der Waals surface area contributed by atoms with Crippen molar-refractivity contribution in [3.05, 3.63) is 0 Å². The van der Waals surface area contributed by atoms with E-state index in [-0.39, 0.29) is 24.3 Å². The van der Waals surface area contributed by atoms with E-state index in [2.05, 4.69) is 5.32 Å². The number of nitrogens with one attached hydrogen (secondary N) is 1. The highest BCUT2D eigenvalue weighted by atomic mass is 16.4. The molecule has 2 amide bonds. The molecule has 0 aromatic carbocycles. The molecule has 0 saturated carbocycles. The van der Waals surface area contributed by atoms with Crippen molar-refractivity contribution in [2.75, 3.05) is 6.54 Å². The number of nitrogens with zero attached hydrogens (tertiary/aromatic N) is 1. The number of rotatable bonds is 7. The lowest BCUT2D eigenvalue weighted by atomic mass is 10.1. The van der Waals surface area contributed by atoms with Crippen LogP contribution in [0.25, 0.3) is 0 Å². The highest BCUT2D eigenvalue weighted by Gasteiger charge is 2.36. The predicted octanol–water partition coefficient (Wildman–Crippen LogP) is 1.00. The molecule has 0 aromatic heterocycles. The van der Waals surface area contributed by atoms with E-state index in [1.54, 1.807) is 4.90 Å². The second kappa shape index (κ2) is 7.26. The van der Waals surface area contributed by atoms with Gasteiger partial charge in [-0.1, -0.05) is 19.8 Å². The van der Waals surface area contributed by atoms with Crippen LogP contribution in [0.5, 0.6) is 0 Å². The first-order valence-electron chi connectivity index (χ1n) is 7.19. The third kappa shape index (κ3) is 4.21. The SMILES string of the molecule is CCCC[C@H](NC(=O)C1CC(=O)N(C(C)C)C1)C(=O)O. The summed E-state index contributed by atoms with van der Waals surface area (Å²) < 4.78 is 0. The van der Waals surface area contributed by atoms with Gasteiger partial charge in [0.25, 0.3) is 0 Å².